The molecule has 0 aromatic heterocycles. The molecule has 1 aliphatic rings. The summed E-state index contributed by atoms with van der Waals surface area (Å²) < 4.78 is 11.7. The zero-order chi connectivity index (χ0) is 27.4. The van der Waals surface area contributed by atoms with Crippen LogP contribution in [0, 0.1) is 0 Å². The highest BCUT2D eigenvalue weighted by Gasteiger charge is 2.46. The molecule has 0 aliphatic carbocycles. The van der Waals surface area contributed by atoms with Crippen LogP contribution in [0.2, 0.25) is 0 Å². The first-order valence-corrected chi connectivity index (χ1v) is 12.7. The molecule has 7 heteroatoms. The maximum absolute atomic E-state index is 13.4. The van der Waals surface area contributed by atoms with E-state index in [-0.39, 0.29) is 23.6 Å². The molecule has 1 saturated heterocycles. The number of ether oxygens (including phenoxy) is 2. The van der Waals surface area contributed by atoms with Crippen LogP contribution in [0.25, 0.3) is 5.76 Å². The maximum atomic E-state index is 13.4. The van der Waals surface area contributed by atoms with Crippen LogP contribution >= 0.6 is 0 Å². The van der Waals surface area contributed by atoms with Crippen LogP contribution < -0.4 is 9.47 Å². The third kappa shape index (κ3) is 5.83. The summed E-state index contributed by atoms with van der Waals surface area (Å²) in [6.45, 7) is 8.47. The van der Waals surface area contributed by atoms with E-state index in [1.54, 1.807) is 36.4 Å². The van der Waals surface area contributed by atoms with E-state index in [0.717, 1.165) is 12.0 Å². The first-order valence-electron chi connectivity index (χ1n) is 12.7. The van der Waals surface area contributed by atoms with E-state index in [2.05, 4.69) is 0 Å². The lowest BCUT2D eigenvalue weighted by atomic mass is 9.95. The Morgan fingerprint density at radius 1 is 0.947 bits per heavy atom. The molecule has 1 unspecified atom stereocenters. The first kappa shape index (κ1) is 26.8. The molecule has 2 N–H and O–H groups in total. The SMILES string of the molecule is CCCOc1ccc(/C(O)=C2\C(=O)C(=O)N(Cc3ccccc3OC(C)(C)C)C2c2ccc(O)cc2)cc1. The number of carbonyl (C=O) groups excluding carboxylic acids is 2. The second kappa shape index (κ2) is 11.0. The van der Waals surface area contributed by atoms with E-state index < -0.39 is 23.3 Å². The van der Waals surface area contributed by atoms with Gasteiger partial charge in [-0.3, -0.25) is 9.59 Å². The molecule has 198 valence electrons. The van der Waals surface area contributed by atoms with Crippen molar-refractivity contribution in [2.45, 2.75) is 52.3 Å². The highest BCUT2D eigenvalue weighted by Crippen LogP contribution is 2.41. The second-order valence-corrected chi connectivity index (χ2v) is 10.2. The number of para-hydroxylation sites is 1. The van der Waals surface area contributed by atoms with E-state index in [1.807, 2.05) is 52.0 Å². The summed E-state index contributed by atoms with van der Waals surface area (Å²) >= 11 is 0. The molecular formula is C31H33NO6. The van der Waals surface area contributed by atoms with Crippen LogP contribution in [0.3, 0.4) is 0 Å². The Bertz CT molecular complexity index is 1340. The van der Waals surface area contributed by atoms with Gasteiger partial charge in [0.25, 0.3) is 11.7 Å². The standard InChI is InChI=1S/C31H33NO6/c1-5-18-37-24-16-12-21(13-17-24)28(34)26-27(20-10-14-23(33)15-11-20)32(30(36)29(26)35)19-22-8-6-7-9-25(22)38-31(2,3)4/h6-17,27,33-34H,5,18-19H2,1-4H3/b28-26+. The van der Waals surface area contributed by atoms with Crippen molar-refractivity contribution in [3.63, 3.8) is 0 Å². The Hall–Kier alpha value is -4.26. The number of hydrogen-bond donors (Lipinski definition) is 2. The molecule has 1 aliphatic heterocycles. The van der Waals surface area contributed by atoms with Crippen LogP contribution in [-0.4, -0.2) is 39.0 Å². The number of benzene rings is 3. The summed E-state index contributed by atoms with van der Waals surface area (Å²) in [7, 11) is 0. The summed E-state index contributed by atoms with van der Waals surface area (Å²) in [5, 5.41) is 21.2. The van der Waals surface area contributed by atoms with Crippen LogP contribution in [0.5, 0.6) is 17.2 Å². The Morgan fingerprint density at radius 2 is 1.61 bits per heavy atom. The van der Waals surface area contributed by atoms with Crippen LogP contribution in [-0.2, 0) is 16.1 Å². The number of carbonyl (C=O) groups is 2. The molecule has 0 bridgehead atoms. The van der Waals surface area contributed by atoms with Crippen molar-refractivity contribution in [2.75, 3.05) is 6.61 Å². The quantitative estimate of drug-likeness (QED) is 0.218. The van der Waals surface area contributed by atoms with Crippen molar-refractivity contribution < 1.29 is 29.3 Å². The number of aromatic hydroxyl groups is 1. The zero-order valence-electron chi connectivity index (χ0n) is 22.1. The molecule has 0 saturated carbocycles. The van der Waals surface area contributed by atoms with Gasteiger partial charge in [-0.2, -0.15) is 0 Å². The van der Waals surface area contributed by atoms with Gasteiger partial charge in [0.05, 0.1) is 24.8 Å². The van der Waals surface area contributed by atoms with E-state index in [0.29, 0.717) is 29.2 Å². The average molecular weight is 516 g/mol. The zero-order valence-corrected chi connectivity index (χ0v) is 22.1. The van der Waals surface area contributed by atoms with Crippen LogP contribution in [0.1, 0.15) is 56.8 Å². The topological polar surface area (TPSA) is 96.3 Å². The Morgan fingerprint density at radius 3 is 2.24 bits per heavy atom. The largest absolute Gasteiger partial charge is 0.508 e. The lowest BCUT2D eigenvalue weighted by Crippen LogP contribution is -2.30. The number of rotatable bonds is 8. The van der Waals surface area contributed by atoms with Gasteiger partial charge in [-0.25, -0.2) is 0 Å². The van der Waals surface area contributed by atoms with E-state index in [9.17, 15) is 19.8 Å². The minimum Gasteiger partial charge on any atom is -0.508 e. The molecule has 38 heavy (non-hydrogen) atoms. The number of phenolic OH excluding ortho intramolecular Hbond substituents is 1. The molecule has 1 amide bonds. The Kier molecular flexibility index (Phi) is 7.76. The van der Waals surface area contributed by atoms with Crippen molar-refractivity contribution in [3.8, 4) is 17.2 Å². The van der Waals surface area contributed by atoms with Gasteiger partial charge < -0.3 is 24.6 Å². The predicted molar refractivity (Wildman–Crippen MR) is 145 cm³/mol. The fraction of sp³-hybridized carbons (Fsp3) is 0.290. The third-order valence-corrected chi connectivity index (χ3v) is 6.08. The van der Waals surface area contributed by atoms with Crippen molar-refractivity contribution >= 4 is 17.4 Å². The molecule has 0 spiro atoms. The number of likely N-dealkylation sites (tertiary alicyclic amines) is 1. The van der Waals surface area contributed by atoms with Crippen LogP contribution in [0.4, 0.5) is 0 Å². The normalized spacial score (nSPS) is 17.1. The van der Waals surface area contributed by atoms with Crippen LogP contribution in [0.15, 0.2) is 78.4 Å². The van der Waals surface area contributed by atoms with Gasteiger partial charge in [0.1, 0.15) is 28.6 Å². The van der Waals surface area contributed by atoms with Gasteiger partial charge in [-0.05, 0) is 75.2 Å². The number of aliphatic hydroxyl groups is 1. The smallest absolute Gasteiger partial charge is 0.295 e. The first-order chi connectivity index (χ1) is 18.1. The number of aliphatic hydroxyl groups excluding tert-OH is 1. The number of hydrogen-bond acceptors (Lipinski definition) is 6. The number of amides is 1. The molecule has 3 aromatic rings. The van der Waals surface area contributed by atoms with Gasteiger partial charge in [0, 0.05) is 11.1 Å². The summed E-state index contributed by atoms with van der Waals surface area (Å²) in [5.74, 6) is -0.468. The molecule has 1 heterocycles. The number of nitrogens with zero attached hydrogens (tertiary/aromatic N) is 1. The lowest BCUT2D eigenvalue weighted by Gasteiger charge is -2.28. The minimum absolute atomic E-state index is 0.0165. The third-order valence-electron chi connectivity index (χ3n) is 6.08. The number of Topliss-reactive ketones (excluding diaryl/α,β-unsaturated/α-hetero) is 1. The van der Waals surface area contributed by atoms with E-state index in [1.165, 1.54) is 17.0 Å². The van der Waals surface area contributed by atoms with E-state index in [4.69, 9.17) is 9.47 Å². The summed E-state index contributed by atoms with van der Waals surface area (Å²) in [6.07, 6.45) is 0.863. The molecule has 1 fully saturated rings. The molecule has 0 radical (unpaired) electrons. The molecule has 1 atom stereocenters. The van der Waals surface area contributed by atoms with Crippen molar-refractivity contribution in [2.24, 2.45) is 0 Å². The molecule has 4 rings (SSSR count). The lowest BCUT2D eigenvalue weighted by molar-refractivity contribution is -0.140. The highest BCUT2D eigenvalue weighted by atomic mass is 16.5. The van der Waals surface area contributed by atoms with Gasteiger partial charge >= 0.3 is 0 Å². The second-order valence-electron chi connectivity index (χ2n) is 10.2. The predicted octanol–water partition coefficient (Wildman–Crippen LogP) is 5.98. The summed E-state index contributed by atoms with van der Waals surface area (Å²) in [5.41, 5.74) is 1.23. The number of phenols is 1. The summed E-state index contributed by atoms with van der Waals surface area (Å²) in [4.78, 5) is 28.2. The fourth-order valence-electron chi connectivity index (χ4n) is 4.38. The van der Waals surface area contributed by atoms with Gasteiger partial charge in [-0.1, -0.05) is 37.3 Å². The van der Waals surface area contributed by atoms with Gasteiger partial charge in [-0.15, -0.1) is 0 Å². The molecule has 3 aromatic carbocycles. The monoisotopic (exact) mass is 515 g/mol. The van der Waals surface area contributed by atoms with Crippen molar-refractivity contribution in [1.29, 1.82) is 0 Å². The number of ketones is 1. The average Bonchev–Trinajstić information content (AvgIpc) is 3.13. The minimum atomic E-state index is -0.866. The highest BCUT2D eigenvalue weighted by molar-refractivity contribution is 6.46. The maximum Gasteiger partial charge on any atom is 0.295 e. The van der Waals surface area contributed by atoms with Crippen molar-refractivity contribution in [1.82, 2.24) is 4.90 Å². The van der Waals surface area contributed by atoms with E-state index >= 15 is 0 Å². The fourth-order valence-corrected chi connectivity index (χ4v) is 4.38. The summed E-state index contributed by atoms with van der Waals surface area (Å²) in [6, 6.07) is 19.5. The van der Waals surface area contributed by atoms with Crippen molar-refractivity contribution in [3.05, 3.63) is 95.1 Å². The molecular weight excluding hydrogens is 482 g/mol. The Balaban J connectivity index is 1.78. The van der Waals surface area contributed by atoms with Gasteiger partial charge in [0.15, 0.2) is 0 Å². The van der Waals surface area contributed by atoms with Gasteiger partial charge in [0.2, 0.25) is 0 Å². The molecule has 7 nitrogen and oxygen atoms in total. The Labute approximate surface area is 222 Å².